The average molecular weight is 333 g/mol. The van der Waals surface area contributed by atoms with Gasteiger partial charge in [-0.25, -0.2) is 9.78 Å². The number of hydrogen-bond donors (Lipinski definition) is 3. The van der Waals surface area contributed by atoms with Crippen molar-refractivity contribution < 1.29 is 29.5 Å². The van der Waals surface area contributed by atoms with Crippen molar-refractivity contribution in [2.24, 2.45) is 0 Å². The standard InChI is InChI=1S/C17H19NO6/c1-22-13-5-3-4-11(8-13)9-18-17(21)14-7-6-12(10-24-23-2)15(19)16(14)20/h3-8,19-20H,9-10H2,1-2H3,(H,18,21). The van der Waals surface area contributed by atoms with Gasteiger partial charge in [0.1, 0.15) is 12.4 Å². The van der Waals surface area contributed by atoms with Crippen LogP contribution in [0.2, 0.25) is 0 Å². The van der Waals surface area contributed by atoms with Gasteiger partial charge >= 0.3 is 0 Å². The van der Waals surface area contributed by atoms with E-state index in [1.807, 2.05) is 12.1 Å². The summed E-state index contributed by atoms with van der Waals surface area (Å²) in [6, 6.07) is 10.1. The van der Waals surface area contributed by atoms with E-state index in [1.54, 1.807) is 19.2 Å². The lowest BCUT2D eigenvalue weighted by molar-refractivity contribution is -0.282. The molecule has 0 fully saturated rings. The van der Waals surface area contributed by atoms with Crippen molar-refractivity contribution in [2.45, 2.75) is 13.2 Å². The molecule has 3 N–H and O–H groups in total. The summed E-state index contributed by atoms with van der Waals surface area (Å²) in [6.07, 6.45) is 0. The maximum absolute atomic E-state index is 12.2. The Morgan fingerprint density at radius 1 is 1.12 bits per heavy atom. The molecular weight excluding hydrogens is 314 g/mol. The van der Waals surface area contributed by atoms with Crippen LogP contribution in [0.25, 0.3) is 0 Å². The lowest BCUT2D eigenvalue weighted by Gasteiger charge is -2.11. The summed E-state index contributed by atoms with van der Waals surface area (Å²) in [5.74, 6) is -0.744. The molecule has 0 spiro atoms. The fraction of sp³-hybridized carbons (Fsp3) is 0.235. The third kappa shape index (κ3) is 4.15. The predicted octanol–water partition coefficient (Wildman–Crippen LogP) is 2.11. The number of phenolic OH excluding ortho intramolecular Hbond substituents is 2. The van der Waals surface area contributed by atoms with Crippen LogP contribution in [-0.2, 0) is 22.9 Å². The van der Waals surface area contributed by atoms with Crippen molar-refractivity contribution in [1.82, 2.24) is 5.32 Å². The molecule has 2 aromatic carbocycles. The lowest BCUT2D eigenvalue weighted by Crippen LogP contribution is -2.23. The topological polar surface area (TPSA) is 97.3 Å². The zero-order valence-corrected chi connectivity index (χ0v) is 13.4. The largest absolute Gasteiger partial charge is 0.504 e. The van der Waals surface area contributed by atoms with E-state index in [1.165, 1.54) is 19.2 Å². The van der Waals surface area contributed by atoms with E-state index in [2.05, 4.69) is 10.2 Å². The first-order valence-corrected chi connectivity index (χ1v) is 7.17. The molecule has 0 radical (unpaired) electrons. The lowest BCUT2D eigenvalue weighted by atomic mass is 10.1. The normalized spacial score (nSPS) is 10.4. The molecule has 7 heteroatoms. The SMILES string of the molecule is COOCc1ccc(C(=O)NCc2cccc(OC)c2)c(O)c1O. The van der Waals surface area contributed by atoms with Crippen molar-refractivity contribution in [3.8, 4) is 17.2 Å². The number of carbonyl (C=O) groups is 1. The summed E-state index contributed by atoms with van der Waals surface area (Å²) in [5, 5.41) is 22.6. The molecule has 2 rings (SSSR count). The molecule has 0 unspecified atom stereocenters. The number of phenols is 2. The Balaban J connectivity index is 2.08. The fourth-order valence-corrected chi connectivity index (χ4v) is 2.10. The highest BCUT2D eigenvalue weighted by Crippen LogP contribution is 2.33. The van der Waals surface area contributed by atoms with Crippen molar-refractivity contribution in [3.05, 3.63) is 53.1 Å². The van der Waals surface area contributed by atoms with Crippen molar-refractivity contribution in [3.63, 3.8) is 0 Å². The number of aromatic hydroxyl groups is 2. The minimum atomic E-state index is -0.509. The van der Waals surface area contributed by atoms with Gasteiger partial charge in [0.15, 0.2) is 11.5 Å². The van der Waals surface area contributed by atoms with Crippen LogP contribution in [-0.4, -0.2) is 30.3 Å². The molecule has 0 bridgehead atoms. The molecule has 2 aromatic rings. The van der Waals surface area contributed by atoms with E-state index in [9.17, 15) is 15.0 Å². The molecule has 0 saturated carbocycles. The van der Waals surface area contributed by atoms with Gasteiger partial charge in [0.25, 0.3) is 5.91 Å². The Labute approximate surface area is 139 Å². The zero-order chi connectivity index (χ0) is 17.5. The Hall–Kier alpha value is -2.77. The molecule has 128 valence electrons. The fourth-order valence-electron chi connectivity index (χ4n) is 2.10. The van der Waals surface area contributed by atoms with Gasteiger partial charge < -0.3 is 20.3 Å². The first kappa shape index (κ1) is 17.6. The van der Waals surface area contributed by atoms with Crippen molar-refractivity contribution in [2.75, 3.05) is 14.2 Å². The van der Waals surface area contributed by atoms with E-state index in [0.29, 0.717) is 11.3 Å². The zero-order valence-electron chi connectivity index (χ0n) is 13.4. The highest BCUT2D eigenvalue weighted by Gasteiger charge is 2.17. The van der Waals surface area contributed by atoms with Crippen LogP contribution in [0.3, 0.4) is 0 Å². The van der Waals surface area contributed by atoms with Crippen molar-refractivity contribution >= 4 is 5.91 Å². The van der Waals surface area contributed by atoms with E-state index in [-0.39, 0.29) is 18.7 Å². The van der Waals surface area contributed by atoms with Gasteiger partial charge in [-0.05, 0) is 23.8 Å². The molecule has 0 aliphatic carbocycles. The number of benzene rings is 2. The van der Waals surface area contributed by atoms with E-state index >= 15 is 0 Å². The minimum absolute atomic E-state index is 0.0310. The number of methoxy groups -OCH3 is 1. The van der Waals surface area contributed by atoms with Crippen LogP contribution in [0.1, 0.15) is 21.5 Å². The number of amides is 1. The summed E-state index contributed by atoms with van der Waals surface area (Å²) < 4.78 is 5.12. The summed E-state index contributed by atoms with van der Waals surface area (Å²) in [4.78, 5) is 21.3. The summed E-state index contributed by atoms with van der Waals surface area (Å²) >= 11 is 0. The van der Waals surface area contributed by atoms with Crippen LogP contribution in [0.5, 0.6) is 17.2 Å². The maximum atomic E-state index is 12.2. The summed E-state index contributed by atoms with van der Waals surface area (Å²) in [5.41, 5.74) is 1.12. The number of hydrogen-bond acceptors (Lipinski definition) is 6. The number of carbonyl (C=O) groups excluding carboxylic acids is 1. The second-order valence-electron chi connectivity index (χ2n) is 4.93. The third-order valence-corrected chi connectivity index (χ3v) is 3.40. The van der Waals surface area contributed by atoms with Gasteiger partial charge in [0.05, 0.1) is 19.8 Å². The van der Waals surface area contributed by atoms with Gasteiger partial charge in [-0.2, -0.15) is 0 Å². The second kappa shape index (κ2) is 8.19. The molecule has 0 heterocycles. The van der Waals surface area contributed by atoms with Gasteiger partial charge in [0, 0.05) is 12.1 Å². The first-order chi connectivity index (χ1) is 11.6. The minimum Gasteiger partial charge on any atom is -0.504 e. The average Bonchev–Trinajstić information content (AvgIpc) is 2.61. The molecular formula is C17H19NO6. The molecule has 0 saturated heterocycles. The third-order valence-electron chi connectivity index (χ3n) is 3.40. The van der Waals surface area contributed by atoms with Gasteiger partial charge in [-0.15, -0.1) is 0 Å². The number of ether oxygens (including phenoxy) is 1. The Morgan fingerprint density at radius 2 is 1.92 bits per heavy atom. The van der Waals surface area contributed by atoms with Crippen LogP contribution >= 0.6 is 0 Å². The van der Waals surface area contributed by atoms with Crippen LogP contribution in [0.15, 0.2) is 36.4 Å². The Morgan fingerprint density at radius 3 is 2.62 bits per heavy atom. The first-order valence-electron chi connectivity index (χ1n) is 7.17. The molecule has 7 nitrogen and oxygen atoms in total. The molecule has 24 heavy (non-hydrogen) atoms. The van der Waals surface area contributed by atoms with E-state index in [4.69, 9.17) is 9.62 Å². The monoisotopic (exact) mass is 333 g/mol. The van der Waals surface area contributed by atoms with Gasteiger partial charge in [-0.1, -0.05) is 18.2 Å². The smallest absolute Gasteiger partial charge is 0.255 e. The van der Waals surface area contributed by atoms with Crippen LogP contribution in [0.4, 0.5) is 0 Å². The van der Waals surface area contributed by atoms with Gasteiger partial charge in [0.2, 0.25) is 0 Å². The quantitative estimate of drug-likeness (QED) is 0.408. The van der Waals surface area contributed by atoms with E-state index in [0.717, 1.165) is 5.56 Å². The predicted molar refractivity (Wildman–Crippen MR) is 85.7 cm³/mol. The molecule has 0 aromatic heterocycles. The van der Waals surface area contributed by atoms with Crippen molar-refractivity contribution in [1.29, 1.82) is 0 Å². The highest BCUT2D eigenvalue weighted by molar-refractivity contribution is 5.97. The molecule has 1 amide bonds. The maximum Gasteiger partial charge on any atom is 0.255 e. The van der Waals surface area contributed by atoms with E-state index < -0.39 is 17.4 Å². The molecule has 0 atom stereocenters. The number of rotatable bonds is 7. The second-order valence-corrected chi connectivity index (χ2v) is 4.93. The summed E-state index contributed by atoms with van der Waals surface area (Å²) in [7, 11) is 2.89. The molecule has 0 aliphatic heterocycles. The Kier molecular flexibility index (Phi) is 6.00. The Bertz CT molecular complexity index is 716. The number of nitrogens with one attached hydrogen (secondary N) is 1. The van der Waals surface area contributed by atoms with Crippen LogP contribution < -0.4 is 10.1 Å². The van der Waals surface area contributed by atoms with Gasteiger partial charge in [-0.3, -0.25) is 4.79 Å². The summed E-state index contributed by atoms with van der Waals surface area (Å²) in [6.45, 7) is 0.201. The molecule has 0 aliphatic rings. The highest BCUT2D eigenvalue weighted by atomic mass is 17.2. The van der Waals surface area contributed by atoms with Crippen LogP contribution in [0, 0.1) is 0 Å².